The molecule has 0 saturated carbocycles. The molecule has 4 heteroatoms. The molecule has 1 aliphatic carbocycles. The Labute approximate surface area is 119 Å². The molecule has 0 atom stereocenters. The highest BCUT2D eigenvalue weighted by atomic mass is 16.5. The highest BCUT2D eigenvalue weighted by Gasteiger charge is 2.15. The topological polar surface area (TPSA) is 47.0 Å². The van der Waals surface area contributed by atoms with Gasteiger partial charge in [0.25, 0.3) is 0 Å². The van der Waals surface area contributed by atoms with Crippen LogP contribution in [0.1, 0.15) is 28.9 Å². The number of benzene rings is 1. The van der Waals surface area contributed by atoms with E-state index in [1.807, 2.05) is 13.0 Å². The van der Waals surface area contributed by atoms with Gasteiger partial charge in [-0.1, -0.05) is 6.07 Å². The second-order valence-corrected chi connectivity index (χ2v) is 5.13. The summed E-state index contributed by atoms with van der Waals surface area (Å²) in [6, 6.07) is 6.33. The zero-order valence-electron chi connectivity index (χ0n) is 11.9. The van der Waals surface area contributed by atoms with Crippen molar-refractivity contribution >= 4 is 5.82 Å². The molecule has 1 aliphatic rings. The molecule has 1 N–H and O–H groups in total. The van der Waals surface area contributed by atoms with Crippen molar-refractivity contribution in [2.24, 2.45) is 0 Å². The summed E-state index contributed by atoms with van der Waals surface area (Å²) >= 11 is 0. The molecular formula is C16H19N3O. The molecule has 1 aromatic heterocycles. The minimum atomic E-state index is 0.715. The smallest absolute Gasteiger partial charge is 0.129 e. The van der Waals surface area contributed by atoms with Crippen molar-refractivity contribution in [3.05, 3.63) is 46.9 Å². The number of nitrogens with zero attached hydrogens (tertiary/aromatic N) is 2. The molecule has 3 rings (SSSR count). The number of fused-ring (bicyclic) bond motifs is 1. The molecule has 104 valence electrons. The van der Waals surface area contributed by atoms with E-state index in [2.05, 4.69) is 27.4 Å². The lowest BCUT2D eigenvalue weighted by Gasteiger charge is -2.13. The average Bonchev–Trinajstić information content (AvgIpc) is 2.91. The van der Waals surface area contributed by atoms with E-state index in [1.54, 1.807) is 13.3 Å². The lowest BCUT2D eigenvalue weighted by Crippen LogP contribution is -2.05. The van der Waals surface area contributed by atoms with Crippen molar-refractivity contribution in [2.75, 3.05) is 12.4 Å². The SMILES string of the molecule is COc1cc2c(cc1CNc1ccnc(C)n1)CCC2. The lowest BCUT2D eigenvalue weighted by atomic mass is 10.0. The van der Waals surface area contributed by atoms with Gasteiger partial charge in [0.2, 0.25) is 0 Å². The van der Waals surface area contributed by atoms with Crippen molar-refractivity contribution in [1.82, 2.24) is 9.97 Å². The first-order chi connectivity index (χ1) is 9.76. The second kappa shape index (κ2) is 5.49. The van der Waals surface area contributed by atoms with Gasteiger partial charge in [-0.05, 0) is 49.4 Å². The molecule has 0 amide bonds. The first-order valence-electron chi connectivity index (χ1n) is 6.98. The third-order valence-electron chi connectivity index (χ3n) is 3.73. The van der Waals surface area contributed by atoms with Crippen molar-refractivity contribution in [3.63, 3.8) is 0 Å². The Balaban J connectivity index is 1.80. The number of methoxy groups -OCH3 is 1. The Bertz CT molecular complexity index is 625. The van der Waals surface area contributed by atoms with Gasteiger partial charge in [0.15, 0.2) is 0 Å². The first kappa shape index (κ1) is 12.9. The molecule has 1 heterocycles. The summed E-state index contributed by atoms with van der Waals surface area (Å²) in [5, 5.41) is 3.34. The van der Waals surface area contributed by atoms with Crippen LogP contribution in [-0.4, -0.2) is 17.1 Å². The monoisotopic (exact) mass is 269 g/mol. The van der Waals surface area contributed by atoms with E-state index in [1.165, 1.54) is 36.0 Å². The van der Waals surface area contributed by atoms with Crippen LogP contribution in [0.2, 0.25) is 0 Å². The average molecular weight is 269 g/mol. The Hall–Kier alpha value is -2.10. The molecule has 0 bridgehead atoms. The zero-order chi connectivity index (χ0) is 13.9. The van der Waals surface area contributed by atoms with E-state index < -0.39 is 0 Å². The second-order valence-electron chi connectivity index (χ2n) is 5.13. The predicted octanol–water partition coefficient (Wildman–Crippen LogP) is 2.89. The third kappa shape index (κ3) is 2.59. The molecule has 0 radical (unpaired) electrons. The number of nitrogens with one attached hydrogen (secondary N) is 1. The van der Waals surface area contributed by atoms with E-state index in [-0.39, 0.29) is 0 Å². The molecule has 4 nitrogen and oxygen atoms in total. The minimum absolute atomic E-state index is 0.715. The van der Waals surface area contributed by atoms with E-state index >= 15 is 0 Å². The van der Waals surface area contributed by atoms with Gasteiger partial charge in [0, 0.05) is 18.3 Å². The van der Waals surface area contributed by atoms with E-state index in [9.17, 15) is 0 Å². The van der Waals surface area contributed by atoms with Crippen molar-refractivity contribution in [3.8, 4) is 5.75 Å². The minimum Gasteiger partial charge on any atom is -0.496 e. The summed E-state index contributed by atoms with van der Waals surface area (Å²) in [5.41, 5.74) is 4.08. The molecule has 0 fully saturated rings. The maximum absolute atomic E-state index is 5.51. The summed E-state index contributed by atoms with van der Waals surface area (Å²) in [7, 11) is 1.73. The molecule has 0 saturated heterocycles. The van der Waals surface area contributed by atoms with Gasteiger partial charge in [0.05, 0.1) is 7.11 Å². The maximum Gasteiger partial charge on any atom is 0.129 e. The van der Waals surface area contributed by atoms with Crippen LogP contribution in [-0.2, 0) is 19.4 Å². The predicted molar refractivity (Wildman–Crippen MR) is 79.1 cm³/mol. The molecule has 0 unspecified atom stereocenters. The Morgan fingerprint density at radius 1 is 1.25 bits per heavy atom. The van der Waals surface area contributed by atoms with E-state index in [4.69, 9.17) is 4.74 Å². The maximum atomic E-state index is 5.51. The Morgan fingerprint density at radius 2 is 2.05 bits per heavy atom. The van der Waals surface area contributed by atoms with Crippen molar-refractivity contribution in [2.45, 2.75) is 32.7 Å². The number of hydrogen-bond donors (Lipinski definition) is 1. The largest absolute Gasteiger partial charge is 0.496 e. The highest BCUT2D eigenvalue weighted by molar-refractivity contribution is 5.46. The van der Waals surface area contributed by atoms with Crippen LogP contribution in [0.25, 0.3) is 0 Å². The van der Waals surface area contributed by atoms with Gasteiger partial charge in [0.1, 0.15) is 17.4 Å². The number of ether oxygens (including phenoxy) is 1. The van der Waals surface area contributed by atoms with Crippen LogP contribution >= 0.6 is 0 Å². The standard InChI is InChI=1S/C16H19N3O/c1-11-17-7-6-16(19-11)18-10-14-8-12-4-3-5-13(12)9-15(14)20-2/h6-9H,3-5,10H2,1-2H3,(H,17,18,19). The Kier molecular flexibility index (Phi) is 3.54. The zero-order valence-corrected chi connectivity index (χ0v) is 11.9. The number of anilines is 1. The summed E-state index contributed by atoms with van der Waals surface area (Å²) in [6.07, 6.45) is 5.37. The van der Waals surface area contributed by atoms with Gasteiger partial charge in [-0.25, -0.2) is 9.97 Å². The molecule has 2 aromatic rings. The molecule has 0 spiro atoms. The van der Waals surface area contributed by atoms with Crippen LogP contribution in [0.5, 0.6) is 5.75 Å². The summed E-state index contributed by atoms with van der Waals surface area (Å²) in [6.45, 7) is 2.61. The summed E-state index contributed by atoms with van der Waals surface area (Å²) in [5.74, 6) is 2.58. The molecule has 1 aromatic carbocycles. The van der Waals surface area contributed by atoms with E-state index in [0.29, 0.717) is 6.54 Å². The van der Waals surface area contributed by atoms with Gasteiger partial charge >= 0.3 is 0 Å². The lowest BCUT2D eigenvalue weighted by molar-refractivity contribution is 0.410. The van der Waals surface area contributed by atoms with Crippen LogP contribution in [0, 0.1) is 6.92 Å². The first-order valence-corrected chi connectivity index (χ1v) is 6.98. The van der Waals surface area contributed by atoms with Gasteiger partial charge in [-0.2, -0.15) is 0 Å². The highest BCUT2D eigenvalue weighted by Crippen LogP contribution is 2.30. The summed E-state index contributed by atoms with van der Waals surface area (Å²) in [4.78, 5) is 8.45. The number of hydrogen-bond acceptors (Lipinski definition) is 4. The summed E-state index contributed by atoms with van der Waals surface area (Å²) < 4.78 is 5.51. The fourth-order valence-corrected chi connectivity index (χ4v) is 2.72. The van der Waals surface area contributed by atoms with Crippen LogP contribution in [0.4, 0.5) is 5.82 Å². The van der Waals surface area contributed by atoms with E-state index in [0.717, 1.165) is 17.4 Å². The normalized spacial score (nSPS) is 13.1. The van der Waals surface area contributed by atoms with Crippen LogP contribution in [0.15, 0.2) is 24.4 Å². The van der Waals surface area contributed by atoms with Crippen LogP contribution in [0.3, 0.4) is 0 Å². The molecular weight excluding hydrogens is 250 g/mol. The number of rotatable bonds is 4. The Morgan fingerprint density at radius 3 is 2.80 bits per heavy atom. The molecule has 0 aliphatic heterocycles. The van der Waals surface area contributed by atoms with Gasteiger partial charge < -0.3 is 10.1 Å². The van der Waals surface area contributed by atoms with Crippen molar-refractivity contribution in [1.29, 1.82) is 0 Å². The number of aryl methyl sites for hydroxylation is 3. The van der Waals surface area contributed by atoms with Gasteiger partial charge in [-0.15, -0.1) is 0 Å². The van der Waals surface area contributed by atoms with Crippen molar-refractivity contribution < 1.29 is 4.74 Å². The molecule has 20 heavy (non-hydrogen) atoms. The fourth-order valence-electron chi connectivity index (χ4n) is 2.72. The third-order valence-corrected chi connectivity index (χ3v) is 3.73. The quantitative estimate of drug-likeness (QED) is 0.927. The van der Waals surface area contributed by atoms with Gasteiger partial charge in [-0.3, -0.25) is 0 Å². The fraction of sp³-hybridized carbons (Fsp3) is 0.375. The van der Waals surface area contributed by atoms with Crippen LogP contribution < -0.4 is 10.1 Å². The number of aromatic nitrogens is 2.